The fourth-order valence-corrected chi connectivity index (χ4v) is 3.16. The van der Waals surface area contributed by atoms with E-state index in [9.17, 15) is 27.6 Å². The second-order valence-electron chi connectivity index (χ2n) is 9.66. The molecule has 10 heteroatoms. The number of rotatable bonds is 3. The van der Waals surface area contributed by atoms with E-state index in [0.29, 0.717) is 0 Å². The highest BCUT2D eigenvalue weighted by atomic mass is 19.4. The molecule has 0 heterocycles. The van der Waals surface area contributed by atoms with Gasteiger partial charge in [-0.05, 0) is 60.1 Å². The van der Waals surface area contributed by atoms with Crippen LogP contribution in [0.3, 0.4) is 0 Å². The Labute approximate surface area is 190 Å². The number of nitrogens with zero attached hydrogens (tertiary/aromatic N) is 1. The van der Waals surface area contributed by atoms with Crippen molar-refractivity contribution in [3.05, 3.63) is 47.5 Å². The number of benzene rings is 1. The molecule has 2 amide bonds. The number of amides is 2. The largest absolute Gasteiger partial charge is 0.443 e. The van der Waals surface area contributed by atoms with Gasteiger partial charge in [0.05, 0.1) is 17.5 Å². The van der Waals surface area contributed by atoms with Gasteiger partial charge in [0.2, 0.25) is 0 Å². The summed E-state index contributed by atoms with van der Waals surface area (Å²) in [7, 11) is 0. The summed E-state index contributed by atoms with van der Waals surface area (Å²) < 4.78 is 49.1. The number of halogens is 3. The van der Waals surface area contributed by atoms with Crippen LogP contribution in [0.2, 0.25) is 0 Å². The smallest absolute Gasteiger partial charge is 0.429 e. The Balaban J connectivity index is 2.30. The zero-order valence-electron chi connectivity index (χ0n) is 19.4. The number of alkyl halides is 3. The monoisotopic (exact) mass is 470 g/mol. The molecule has 2 rings (SSSR count). The Morgan fingerprint density at radius 1 is 0.939 bits per heavy atom. The number of hydrazine groups is 1. The van der Waals surface area contributed by atoms with Crippen LogP contribution in [-0.4, -0.2) is 40.2 Å². The minimum Gasteiger partial charge on any atom is -0.443 e. The van der Waals surface area contributed by atoms with Gasteiger partial charge in [0, 0.05) is 5.56 Å². The van der Waals surface area contributed by atoms with E-state index < -0.39 is 52.9 Å². The number of ketones is 1. The maximum absolute atomic E-state index is 13.1. The van der Waals surface area contributed by atoms with Crippen LogP contribution in [-0.2, 0) is 15.7 Å². The maximum Gasteiger partial charge on any atom is 0.429 e. The number of hydrogen-bond donors (Lipinski definition) is 1. The van der Waals surface area contributed by atoms with E-state index in [-0.39, 0.29) is 12.0 Å². The lowest BCUT2D eigenvalue weighted by Crippen LogP contribution is -2.56. The van der Waals surface area contributed by atoms with E-state index in [1.807, 2.05) is 0 Å². The van der Waals surface area contributed by atoms with Crippen molar-refractivity contribution in [1.82, 2.24) is 10.4 Å². The quantitative estimate of drug-likeness (QED) is 0.358. The predicted molar refractivity (Wildman–Crippen MR) is 114 cm³/mol. The number of hydrogen-bond acceptors (Lipinski definition) is 5. The SMILES string of the molecule is CC(C)(C)OC(=O)NN(C(=O)OC(C)(C)C)[C@H]1CC=C[C@@H]1C(=O)c1ccc(C(F)(F)F)cc1. The van der Waals surface area contributed by atoms with Crippen molar-refractivity contribution in [1.29, 1.82) is 0 Å². The maximum atomic E-state index is 13.1. The van der Waals surface area contributed by atoms with Crippen molar-refractivity contribution in [2.45, 2.75) is 71.4 Å². The van der Waals surface area contributed by atoms with Gasteiger partial charge in [0.25, 0.3) is 0 Å². The van der Waals surface area contributed by atoms with Crippen LogP contribution in [0.4, 0.5) is 22.8 Å². The molecule has 7 nitrogen and oxygen atoms in total. The summed E-state index contributed by atoms with van der Waals surface area (Å²) in [5, 5.41) is 0.909. The highest BCUT2D eigenvalue weighted by Crippen LogP contribution is 2.31. The Morgan fingerprint density at radius 2 is 1.48 bits per heavy atom. The highest BCUT2D eigenvalue weighted by Gasteiger charge is 2.40. The second-order valence-corrected chi connectivity index (χ2v) is 9.66. The van der Waals surface area contributed by atoms with E-state index in [1.165, 1.54) is 0 Å². The van der Waals surface area contributed by atoms with Crippen LogP contribution in [0, 0.1) is 5.92 Å². The summed E-state index contributed by atoms with van der Waals surface area (Å²) in [4.78, 5) is 38.3. The molecule has 0 saturated heterocycles. The molecule has 1 aliphatic carbocycles. The number of nitrogens with one attached hydrogen (secondary N) is 1. The molecule has 33 heavy (non-hydrogen) atoms. The van der Waals surface area contributed by atoms with Gasteiger partial charge in [-0.2, -0.15) is 13.2 Å². The van der Waals surface area contributed by atoms with Gasteiger partial charge in [0.1, 0.15) is 11.2 Å². The minimum atomic E-state index is -4.53. The zero-order chi connectivity index (χ0) is 25.2. The van der Waals surface area contributed by atoms with Gasteiger partial charge in [0.15, 0.2) is 5.78 Å². The normalized spacial score (nSPS) is 18.6. The summed E-state index contributed by atoms with van der Waals surface area (Å²) in [6, 6.07) is 2.97. The molecule has 2 atom stereocenters. The van der Waals surface area contributed by atoms with E-state index in [2.05, 4.69) is 5.43 Å². The molecule has 0 spiro atoms. The fourth-order valence-electron chi connectivity index (χ4n) is 3.16. The first-order chi connectivity index (χ1) is 15.0. The lowest BCUT2D eigenvalue weighted by molar-refractivity contribution is -0.137. The number of ether oxygens (including phenoxy) is 2. The Morgan fingerprint density at radius 3 is 1.97 bits per heavy atom. The second kappa shape index (κ2) is 9.44. The third kappa shape index (κ3) is 7.50. The van der Waals surface area contributed by atoms with Crippen molar-refractivity contribution < 1.29 is 37.0 Å². The first-order valence-corrected chi connectivity index (χ1v) is 10.4. The lowest BCUT2D eigenvalue weighted by atomic mass is 9.92. The van der Waals surface area contributed by atoms with Crippen LogP contribution in [0.15, 0.2) is 36.4 Å². The molecular weight excluding hydrogens is 441 g/mol. The van der Waals surface area contributed by atoms with Crippen molar-refractivity contribution >= 4 is 18.0 Å². The molecule has 1 aliphatic rings. The third-order valence-electron chi connectivity index (χ3n) is 4.47. The molecule has 0 radical (unpaired) electrons. The van der Waals surface area contributed by atoms with E-state index >= 15 is 0 Å². The van der Waals surface area contributed by atoms with Crippen molar-refractivity contribution in [2.24, 2.45) is 5.92 Å². The summed E-state index contributed by atoms with van der Waals surface area (Å²) >= 11 is 0. The third-order valence-corrected chi connectivity index (χ3v) is 4.47. The fraction of sp³-hybridized carbons (Fsp3) is 0.522. The van der Waals surface area contributed by atoms with E-state index in [1.54, 1.807) is 53.7 Å². The van der Waals surface area contributed by atoms with Crippen LogP contribution in [0.1, 0.15) is 63.9 Å². The van der Waals surface area contributed by atoms with Gasteiger partial charge < -0.3 is 9.47 Å². The Hall–Kier alpha value is -3.04. The van der Waals surface area contributed by atoms with Gasteiger partial charge in [-0.25, -0.2) is 20.0 Å². The van der Waals surface area contributed by atoms with Crippen molar-refractivity contribution in [2.75, 3.05) is 0 Å². The average Bonchev–Trinajstić information content (AvgIpc) is 3.11. The standard InChI is InChI=1S/C23H29F3N2O5/c1-21(2,3)32-19(30)27-28(20(31)33-22(4,5)6)17-9-7-8-16(17)18(29)14-10-12-15(13-11-14)23(24,25)26/h7-8,10-13,16-17H,9H2,1-6H3,(H,27,30)/t16-,17-/m0/s1. The molecule has 0 unspecified atom stereocenters. The van der Waals surface area contributed by atoms with Gasteiger partial charge in [-0.15, -0.1) is 0 Å². The Bertz CT molecular complexity index is 912. The number of Topliss-reactive ketones (excluding diaryl/α,β-unsaturated/α-hetero) is 1. The molecule has 0 saturated carbocycles. The summed E-state index contributed by atoms with van der Waals surface area (Å²) in [5.41, 5.74) is -0.194. The lowest BCUT2D eigenvalue weighted by Gasteiger charge is -2.34. The van der Waals surface area contributed by atoms with Gasteiger partial charge >= 0.3 is 18.4 Å². The topological polar surface area (TPSA) is 84.9 Å². The van der Waals surface area contributed by atoms with Crippen LogP contribution < -0.4 is 5.43 Å². The molecule has 1 N–H and O–H groups in total. The van der Waals surface area contributed by atoms with E-state index in [0.717, 1.165) is 29.3 Å². The van der Waals surface area contributed by atoms with Crippen LogP contribution in [0.5, 0.6) is 0 Å². The number of carbonyl (C=O) groups is 3. The zero-order valence-corrected chi connectivity index (χ0v) is 19.4. The van der Waals surface area contributed by atoms with Gasteiger partial charge in [-0.3, -0.25) is 4.79 Å². The Kier molecular flexibility index (Phi) is 7.50. The first kappa shape index (κ1) is 26.2. The minimum absolute atomic E-state index is 0.0472. The molecule has 0 aromatic heterocycles. The van der Waals surface area contributed by atoms with Crippen molar-refractivity contribution in [3.8, 4) is 0 Å². The molecule has 1 aromatic rings. The highest BCUT2D eigenvalue weighted by molar-refractivity contribution is 6.00. The van der Waals surface area contributed by atoms with E-state index in [4.69, 9.17) is 9.47 Å². The van der Waals surface area contributed by atoms with Crippen LogP contribution in [0.25, 0.3) is 0 Å². The van der Waals surface area contributed by atoms with Gasteiger partial charge in [-0.1, -0.05) is 24.3 Å². The average molecular weight is 470 g/mol. The first-order valence-electron chi connectivity index (χ1n) is 10.4. The summed E-state index contributed by atoms with van der Waals surface area (Å²) in [6.07, 6.45) is -2.91. The number of carbonyl (C=O) groups excluding carboxylic acids is 3. The van der Waals surface area contributed by atoms with Crippen molar-refractivity contribution in [3.63, 3.8) is 0 Å². The molecule has 0 aliphatic heterocycles. The molecule has 1 aromatic carbocycles. The molecule has 0 bridgehead atoms. The van der Waals surface area contributed by atoms with Crippen LogP contribution >= 0.6 is 0 Å². The predicted octanol–water partition coefficient (Wildman–Crippen LogP) is 5.51. The molecule has 0 fully saturated rings. The molecule has 182 valence electrons. The summed E-state index contributed by atoms with van der Waals surface area (Å²) in [6.45, 7) is 9.90. The molecular formula is C23H29F3N2O5. The summed E-state index contributed by atoms with van der Waals surface area (Å²) in [5.74, 6) is -1.41.